The predicted octanol–water partition coefficient (Wildman–Crippen LogP) is 1.68. The van der Waals surface area contributed by atoms with Gasteiger partial charge in [-0.15, -0.1) is 0 Å². The van der Waals surface area contributed by atoms with Gasteiger partial charge in [0.25, 0.3) is 0 Å². The number of carbonyl (C=O) groups excluding carboxylic acids is 1. The van der Waals surface area contributed by atoms with Crippen molar-refractivity contribution in [1.82, 2.24) is 5.32 Å². The number of carboxylic acid groups (broad SMARTS) is 1. The Hall–Kier alpha value is -2.15. The van der Waals surface area contributed by atoms with Crippen LogP contribution in [0.25, 0.3) is 0 Å². The Balaban J connectivity index is 2.40. The van der Waals surface area contributed by atoms with Crippen molar-refractivity contribution in [3.05, 3.63) is 29.6 Å². The lowest BCUT2D eigenvalue weighted by Crippen LogP contribution is -2.52. The van der Waals surface area contributed by atoms with Crippen molar-refractivity contribution in [3.8, 4) is 5.75 Å². The normalized spacial score (nSPS) is 18.0. The van der Waals surface area contributed by atoms with Crippen LogP contribution in [0, 0.1) is 11.7 Å². The van der Waals surface area contributed by atoms with Crippen LogP contribution < -0.4 is 10.1 Å². The SMILES string of the molecule is COc1cccc(C2(NC(=O)C(C)C(=O)O)CCOCC2)c1F. The molecular weight excluding hydrogens is 305 g/mol. The van der Waals surface area contributed by atoms with E-state index in [1.165, 1.54) is 20.1 Å². The lowest BCUT2D eigenvalue weighted by molar-refractivity contribution is -0.147. The second-order valence-electron chi connectivity index (χ2n) is 5.57. The molecule has 0 bridgehead atoms. The van der Waals surface area contributed by atoms with Crippen LogP contribution in [0.2, 0.25) is 0 Å². The molecule has 0 aliphatic carbocycles. The van der Waals surface area contributed by atoms with Gasteiger partial charge in [0.15, 0.2) is 11.6 Å². The van der Waals surface area contributed by atoms with Gasteiger partial charge < -0.3 is 19.9 Å². The van der Waals surface area contributed by atoms with Crippen molar-refractivity contribution in [2.75, 3.05) is 20.3 Å². The molecule has 1 fully saturated rings. The van der Waals surface area contributed by atoms with Crippen LogP contribution in [-0.2, 0) is 19.9 Å². The molecule has 0 spiro atoms. The van der Waals surface area contributed by atoms with Crippen LogP contribution in [0.5, 0.6) is 5.75 Å². The minimum Gasteiger partial charge on any atom is -0.494 e. The van der Waals surface area contributed by atoms with Crippen molar-refractivity contribution < 1.29 is 28.6 Å². The maximum absolute atomic E-state index is 14.7. The molecule has 1 aliphatic rings. The van der Waals surface area contributed by atoms with Crippen LogP contribution in [0.4, 0.5) is 4.39 Å². The monoisotopic (exact) mass is 325 g/mol. The first kappa shape index (κ1) is 17.2. The Labute approximate surface area is 133 Å². The molecule has 126 valence electrons. The molecule has 1 unspecified atom stereocenters. The first-order valence-electron chi connectivity index (χ1n) is 7.37. The molecule has 0 saturated carbocycles. The third kappa shape index (κ3) is 3.44. The smallest absolute Gasteiger partial charge is 0.315 e. The van der Waals surface area contributed by atoms with E-state index in [2.05, 4.69) is 5.32 Å². The number of methoxy groups -OCH3 is 1. The molecular formula is C16H20FNO5. The second-order valence-corrected chi connectivity index (χ2v) is 5.57. The van der Waals surface area contributed by atoms with Gasteiger partial charge in [-0.2, -0.15) is 0 Å². The van der Waals surface area contributed by atoms with Gasteiger partial charge in [0, 0.05) is 18.8 Å². The molecule has 6 nitrogen and oxygen atoms in total. The highest BCUT2D eigenvalue weighted by molar-refractivity contribution is 5.96. The largest absolute Gasteiger partial charge is 0.494 e. The average molecular weight is 325 g/mol. The van der Waals surface area contributed by atoms with Gasteiger partial charge in [-0.3, -0.25) is 9.59 Å². The third-order valence-corrected chi connectivity index (χ3v) is 4.17. The van der Waals surface area contributed by atoms with E-state index in [0.717, 1.165) is 0 Å². The second kappa shape index (κ2) is 6.95. The number of carboxylic acids is 1. The van der Waals surface area contributed by atoms with Crippen LogP contribution in [0.1, 0.15) is 25.3 Å². The van der Waals surface area contributed by atoms with E-state index in [9.17, 15) is 14.0 Å². The topological polar surface area (TPSA) is 84.9 Å². The molecule has 2 N–H and O–H groups in total. The number of hydrogen-bond donors (Lipinski definition) is 2. The van der Waals surface area contributed by atoms with Gasteiger partial charge in [-0.1, -0.05) is 12.1 Å². The van der Waals surface area contributed by atoms with E-state index in [0.29, 0.717) is 26.1 Å². The van der Waals surface area contributed by atoms with Gasteiger partial charge in [-0.25, -0.2) is 4.39 Å². The number of nitrogens with one attached hydrogen (secondary N) is 1. The van der Waals surface area contributed by atoms with Crippen molar-refractivity contribution in [2.24, 2.45) is 5.92 Å². The number of aliphatic carboxylic acids is 1. The number of amides is 1. The van der Waals surface area contributed by atoms with Crippen LogP contribution in [-0.4, -0.2) is 37.3 Å². The van der Waals surface area contributed by atoms with Gasteiger partial charge in [0.2, 0.25) is 5.91 Å². The van der Waals surface area contributed by atoms with Crippen LogP contribution >= 0.6 is 0 Å². The first-order chi connectivity index (χ1) is 10.9. The minimum absolute atomic E-state index is 0.0777. The van der Waals surface area contributed by atoms with Crippen molar-refractivity contribution >= 4 is 11.9 Å². The molecule has 1 amide bonds. The van der Waals surface area contributed by atoms with Crippen molar-refractivity contribution in [2.45, 2.75) is 25.3 Å². The molecule has 2 rings (SSSR count). The van der Waals surface area contributed by atoms with Gasteiger partial charge in [0.1, 0.15) is 5.92 Å². The fraction of sp³-hybridized carbons (Fsp3) is 0.500. The Kier molecular flexibility index (Phi) is 5.20. The molecule has 7 heteroatoms. The summed E-state index contributed by atoms with van der Waals surface area (Å²) in [7, 11) is 1.37. The lowest BCUT2D eigenvalue weighted by atomic mass is 9.81. The maximum Gasteiger partial charge on any atom is 0.315 e. The Morgan fingerprint density at radius 2 is 2.04 bits per heavy atom. The van der Waals surface area contributed by atoms with Crippen LogP contribution in [0.15, 0.2) is 18.2 Å². The van der Waals surface area contributed by atoms with Gasteiger partial charge in [-0.05, 0) is 25.8 Å². The summed E-state index contributed by atoms with van der Waals surface area (Å²) in [6.45, 7) is 1.99. The Bertz CT molecular complexity index is 598. The standard InChI is InChI=1S/C16H20FNO5/c1-10(15(20)21)14(19)18-16(6-8-23-9-7-16)11-4-3-5-12(22-2)13(11)17/h3-5,10H,6-9H2,1-2H3,(H,18,19)(H,20,21). The molecule has 23 heavy (non-hydrogen) atoms. The molecule has 1 aromatic carbocycles. The highest BCUT2D eigenvalue weighted by Crippen LogP contribution is 2.36. The van der Waals surface area contributed by atoms with E-state index in [1.807, 2.05) is 0 Å². The Morgan fingerprint density at radius 1 is 1.39 bits per heavy atom. The molecule has 1 atom stereocenters. The maximum atomic E-state index is 14.7. The lowest BCUT2D eigenvalue weighted by Gasteiger charge is -2.39. The molecule has 0 radical (unpaired) electrons. The highest BCUT2D eigenvalue weighted by Gasteiger charge is 2.40. The van der Waals surface area contributed by atoms with E-state index in [4.69, 9.17) is 14.6 Å². The quantitative estimate of drug-likeness (QED) is 0.805. The molecule has 1 aliphatic heterocycles. The zero-order valence-corrected chi connectivity index (χ0v) is 13.1. The summed E-state index contributed by atoms with van der Waals surface area (Å²) in [6.07, 6.45) is 0.713. The number of ether oxygens (including phenoxy) is 2. The van der Waals surface area contributed by atoms with Gasteiger partial charge >= 0.3 is 5.97 Å². The number of hydrogen-bond acceptors (Lipinski definition) is 4. The van der Waals surface area contributed by atoms with Gasteiger partial charge in [0.05, 0.1) is 12.6 Å². The zero-order chi connectivity index (χ0) is 17.0. The molecule has 0 aromatic heterocycles. The zero-order valence-electron chi connectivity index (χ0n) is 13.1. The molecule has 1 saturated heterocycles. The number of halogens is 1. The predicted molar refractivity (Wildman–Crippen MR) is 79.6 cm³/mol. The minimum atomic E-state index is -1.23. The average Bonchev–Trinajstić information content (AvgIpc) is 2.54. The first-order valence-corrected chi connectivity index (χ1v) is 7.37. The fourth-order valence-electron chi connectivity index (χ4n) is 2.68. The Morgan fingerprint density at radius 3 is 2.61 bits per heavy atom. The third-order valence-electron chi connectivity index (χ3n) is 4.17. The summed E-state index contributed by atoms with van der Waals surface area (Å²) in [4.78, 5) is 23.2. The summed E-state index contributed by atoms with van der Waals surface area (Å²) in [5.41, 5.74) is -0.719. The van der Waals surface area contributed by atoms with Crippen LogP contribution in [0.3, 0.4) is 0 Å². The number of rotatable bonds is 5. The number of benzene rings is 1. The number of carbonyl (C=O) groups is 2. The van der Waals surface area contributed by atoms with E-state index in [-0.39, 0.29) is 11.3 Å². The summed E-state index contributed by atoms with van der Waals surface area (Å²) in [5, 5.41) is 11.7. The molecule has 1 heterocycles. The summed E-state index contributed by atoms with van der Waals surface area (Å²) < 4.78 is 25.0. The van der Waals surface area contributed by atoms with Crippen molar-refractivity contribution in [3.63, 3.8) is 0 Å². The fourth-order valence-corrected chi connectivity index (χ4v) is 2.68. The summed E-state index contributed by atoms with van der Waals surface area (Å²) in [5.74, 6) is -3.57. The van der Waals surface area contributed by atoms with Crippen molar-refractivity contribution in [1.29, 1.82) is 0 Å². The highest BCUT2D eigenvalue weighted by atomic mass is 19.1. The summed E-state index contributed by atoms with van der Waals surface area (Å²) in [6, 6.07) is 4.71. The van der Waals surface area contributed by atoms with E-state index < -0.39 is 29.2 Å². The molecule has 1 aromatic rings. The van der Waals surface area contributed by atoms with E-state index in [1.54, 1.807) is 12.1 Å². The van der Waals surface area contributed by atoms with E-state index >= 15 is 0 Å². The summed E-state index contributed by atoms with van der Waals surface area (Å²) >= 11 is 0.